The van der Waals surface area contributed by atoms with E-state index in [1.165, 1.54) is 36.4 Å². The van der Waals surface area contributed by atoms with Crippen LogP contribution >= 0.6 is 0 Å². The SMILES string of the molecule is O=C(OC[C@@]1(O)CO[C@@H](O[C@H]2[C@H](Oc3ccc(COCc4ccccc4)cc3)O[C@@H]3COC(c4ccccc4)O[C@H]3[C@@H]2OCc2ccc(CCCC(F)(F)C(F)(F)C(F)(F)C(F)(F)C(F)(F)C(F)(F)F)cc2)[C@@H]1O)c1ccccc1. The van der Waals surface area contributed by atoms with E-state index in [1.54, 1.807) is 72.8 Å². The number of benzene rings is 5. The van der Waals surface area contributed by atoms with Gasteiger partial charge in [0, 0.05) is 12.0 Å². The lowest BCUT2D eigenvalue weighted by molar-refractivity contribution is -0.440. The molecule has 0 bridgehead atoms. The molecule has 5 aromatic rings. The standard InChI is InChI=1S/C55H51F13O12/c56-50(57,51(58,59)52(60,61)53(62,63)54(64,65)55(66,67)68)26-10-13-33-18-20-36(21-19-33)29-73-42-41-40(30-74-46(79-41)38-16-8-3-9-17-38)78-47(77-39-24-22-35(23-25-39)28-72-27-34-11-4-1-5-12-34)43(42)80-48-44(69)49(71,32-76-48)31-75-45(70)37-14-6-2-7-15-37/h1-9,11-12,14-25,40-44,46-48,69,71H,10,13,26-32H2/t40-,41-,42+,43-,44+,46?,47-,48+,49-/m1/s1. The van der Waals surface area contributed by atoms with Gasteiger partial charge in [-0.1, -0.05) is 115 Å². The first kappa shape index (κ1) is 60.2. The Balaban J connectivity index is 1.01. The Labute approximate surface area is 448 Å². The number of halogens is 13. The number of rotatable bonds is 23. The summed E-state index contributed by atoms with van der Waals surface area (Å²) in [5.74, 6) is -37.8. The predicted molar refractivity (Wildman–Crippen MR) is 252 cm³/mol. The molecule has 2 N–H and O–H groups in total. The topological polar surface area (TPSA) is 141 Å². The Hall–Kier alpha value is -5.90. The van der Waals surface area contributed by atoms with Crippen LogP contribution in [0.25, 0.3) is 0 Å². The van der Waals surface area contributed by atoms with Gasteiger partial charge in [-0.3, -0.25) is 0 Å². The van der Waals surface area contributed by atoms with Crippen molar-refractivity contribution in [1.82, 2.24) is 0 Å². The third kappa shape index (κ3) is 12.9. The number of aliphatic hydroxyl groups is 2. The molecule has 3 aliphatic heterocycles. The van der Waals surface area contributed by atoms with E-state index < -0.39 is 129 Å². The maximum atomic E-state index is 14.6. The first-order valence-electron chi connectivity index (χ1n) is 24.6. The number of carbonyl (C=O) groups excluding carboxylic acids is 1. The number of aryl methyl sites for hydroxylation is 1. The molecule has 3 aliphatic rings. The van der Waals surface area contributed by atoms with E-state index in [0.29, 0.717) is 17.7 Å². The van der Waals surface area contributed by atoms with Crippen LogP contribution in [0.15, 0.2) is 140 Å². The first-order chi connectivity index (χ1) is 37.7. The molecular formula is C55H51F13O12. The van der Waals surface area contributed by atoms with Crippen LogP contribution in [0.2, 0.25) is 0 Å². The fraction of sp³-hybridized carbons (Fsp3) is 0.436. The van der Waals surface area contributed by atoms with Gasteiger partial charge >= 0.3 is 41.8 Å². The minimum atomic E-state index is -7.99. The highest BCUT2D eigenvalue weighted by atomic mass is 19.4. The zero-order valence-electron chi connectivity index (χ0n) is 41.7. The maximum Gasteiger partial charge on any atom is 0.460 e. The maximum absolute atomic E-state index is 14.6. The van der Waals surface area contributed by atoms with E-state index in [9.17, 15) is 72.1 Å². The molecule has 0 spiro atoms. The summed E-state index contributed by atoms with van der Waals surface area (Å²) in [7, 11) is 0. The van der Waals surface area contributed by atoms with Crippen molar-refractivity contribution in [2.24, 2.45) is 0 Å². The third-order valence-corrected chi connectivity index (χ3v) is 13.4. The second kappa shape index (κ2) is 24.3. The van der Waals surface area contributed by atoms with Crippen molar-refractivity contribution in [3.8, 4) is 5.75 Å². The molecule has 12 nitrogen and oxygen atoms in total. The zero-order chi connectivity index (χ0) is 57.7. The van der Waals surface area contributed by atoms with E-state index in [1.807, 2.05) is 30.3 Å². The Morgan fingerprint density at radius 3 is 1.77 bits per heavy atom. The summed E-state index contributed by atoms with van der Waals surface area (Å²) < 4.78 is 234. The van der Waals surface area contributed by atoms with Gasteiger partial charge in [0.25, 0.3) is 0 Å². The number of hydrogen-bond acceptors (Lipinski definition) is 12. The van der Waals surface area contributed by atoms with E-state index >= 15 is 0 Å². The van der Waals surface area contributed by atoms with Gasteiger partial charge in [0.2, 0.25) is 6.29 Å². The summed E-state index contributed by atoms with van der Waals surface area (Å²) in [6.45, 7) is -1.20. The lowest BCUT2D eigenvalue weighted by atomic mass is 9.91. The number of hydrogen-bond donors (Lipinski definition) is 2. The van der Waals surface area contributed by atoms with Crippen LogP contribution in [0.3, 0.4) is 0 Å². The second-order valence-corrected chi connectivity index (χ2v) is 19.2. The lowest BCUT2D eigenvalue weighted by Gasteiger charge is -2.49. The number of ether oxygens (including phenoxy) is 9. The molecule has 8 rings (SSSR count). The summed E-state index contributed by atoms with van der Waals surface area (Å²) in [5.41, 5.74) is 0.664. The summed E-state index contributed by atoms with van der Waals surface area (Å²) in [6, 6.07) is 38.0. The molecule has 0 saturated carbocycles. The molecule has 0 aromatic heterocycles. The smallest absolute Gasteiger partial charge is 0.460 e. The highest BCUT2D eigenvalue weighted by Gasteiger charge is 2.90. The van der Waals surface area contributed by atoms with Crippen molar-refractivity contribution >= 4 is 5.97 Å². The van der Waals surface area contributed by atoms with Crippen molar-refractivity contribution < 1.29 is 115 Å². The molecular weight excluding hydrogens is 1100 g/mol. The molecule has 3 fully saturated rings. The van der Waals surface area contributed by atoms with E-state index in [0.717, 1.165) is 11.1 Å². The van der Waals surface area contributed by atoms with Crippen LogP contribution in [0.5, 0.6) is 5.75 Å². The summed E-state index contributed by atoms with van der Waals surface area (Å²) >= 11 is 0. The van der Waals surface area contributed by atoms with Gasteiger partial charge in [-0.05, 0) is 59.4 Å². The van der Waals surface area contributed by atoms with Crippen LogP contribution in [0, 0.1) is 0 Å². The zero-order valence-corrected chi connectivity index (χ0v) is 41.7. The Kier molecular flexibility index (Phi) is 18.3. The molecule has 1 unspecified atom stereocenters. The second-order valence-electron chi connectivity index (χ2n) is 19.2. The Morgan fingerprint density at radius 2 is 1.15 bits per heavy atom. The molecule has 9 atom stereocenters. The quantitative estimate of drug-likeness (QED) is 0.0475. The predicted octanol–water partition coefficient (Wildman–Crippen LogP) is 11.0. The minimum Gasteiger partial charge on any atom is -0.462 e. The molecule has 5 aromatic carbocycles. The minimum absolute atomic E-state index is 0.0657. The summed E-state index contributed by atoms with van der Waals surface area (Å²) in [4.78, 5) is 12.8. The van der Waals surface area contributed by atoms with Gasteiger partial charge in [0.1, 0.15) is 36.8 Å². The van der Waals surface area contributed by atoms with Gasteiger partial charge in [-0.15, -0.1) is 0 Å². The van der Waals surface area contributed by atoms with Crippen molar-refractivity contribution in [3.63, 3.8) is 0 Å². The number of aliphatic hydroxyl groups excluding tert-OH is 1. The van der Waals surface area contributed by atoms with Gasteiger partial charge in [-0.2, -0.15) is 57.1 Å². The van der Waals surface area contributed by atoms with Crippen molar-refractivity contribution in [2.45, 2.75) is 130 Å². The monoisotopic (exact) mass is 1150 g/mol. The van der Waals surface area contributed by atoms with Crippen LogP contribution in [0.4, 0.5) is 57.1 Å². The summed E-state index contributed by atoms with van der Waals surface area (Å²) in [5, 5.41) is 23.2. The van der Waals surface area contributed by atoms with Crippen molar-refractivity contribution in [2.75, 3.05) is 19.8 Å². The average molecular weight is 1150 g/mol. The van der Waals surface area contributed by atoms with Crippen LogP contribution in [-0.4, -0.2) is 120 Å². The van der Waals surface area contributed by atoms with E-state index in [-0.39, 0.29) is 36.7 Å². The molecule has 3 saturated heterocycles. The number of fused-ring (bicyclic) bond motifs is 1. The van der Waals surface area contributed by atoms with E-state index in [4.69, 9.17) is 42.6 Å². The van der Waals surface area contributed by atoms with Gasteiger partial charge < -0.3 is 52.8 Å². The van der Waals surface area contributed by atoms with Crippen LogP contribution < -0.4 is 4.74 Å². The fourth-order valence-corrected chi connectivity index (χ4v) is 8.78. The normalized spacial score (nSPS) is 25.0. The molecule has 0 aliphatic carbocycles. The lowest BCUT2D eigenvalue weighted by Crippen LogP contribution is -2.70. The fourth-order valence-electron chi connectivity index (χ4n) is 8.78. The Morgan fingerprint density at radius 1 is 0.600 bits per heavy atom. The third-order valence-electron chi connectivity index (χ3n) is 13.4. The molecule has 25 heteroatoms. The Bertz CT molecular complexity index is 2780. The van der Waals surface area contributed by atoms with Gasteiger partial charge in [0.05, 0.1) is 38.6 Å². The van der Waals surface area contributed by atoms with Crippen LogP contribution in [0.1, 0.15) is 57.3 Å². The van der Waals surface area contributed by atoms with Crippen molar-refractivity contribution in [3.05, 3.63) is 173 Å². The molecule has 80 heavy (non-hydrogen) atoms. The highest BCUT2D eigenvalue weighted by Crippen LogP contribution is 2.61. The molecule has 0 amide bonds. The number of alkyl halides is 13. The number of esters is 1. The molecule has 434 valence electrons. The first-order valence-corrected chi connectivity index (χ1v) is 24.6. The van der Waals surface area contributed by atoms with Crippen LogP contribution in [-0.2, 0) is 64.1 Å². The largest absolute Gasteiger partial charge is 0.462 e. The van der Waals surface area contributed by atoms with E-state index in [2.05, 4.69) is 0 Å². The average Bonchev–Trinajstić information content (AvgIpc) is 3.83. The van der Waals surface area contributed by atoms with Gasteiger partial charge in [-0.25, -0.2) is 4.79 Å². The summed E-state index contributed by atoms with van der Waals surface area (Å²) in [6.07, 6.45) is -22.4. The highest BCUT2D eigenvalue weighted by molar-refractivity contribution is 5.89. The molecule has 0 radical (unpaired) electrons. The van der Waals surface area contributed by atoms with Crippen molar-refractivity contribution in [1.29, 1.82) is 0 Å². The van der Waals surface area contributed by atoms with Gasteiger partial charge in [0.15, 0.2) is 24.3 Å². The molecule has 3 heterocycles. The number of carbonyl (C=O) groups is 1.